The highest BCUT2D eigenvalue weighted by molar-refractivity contribution is 7.93. The molecule has 2 aromatic heterocycles. The van der Waals surface area contributed by atoms with Crippen LogP contribution in [-0.4, -0.2) is 54.7 Å². The number of nitrogens with two attached hydrogens (primary N) is 3. The lowest BCUT2D eigenvalue weighted by atomic mass is 9.99. The Morgan fingerprint density at radius 2 is 1.90 bits per heavy atom. The average Bonchev–Trinajstić information content (AvgIpc) is 3.16. The summed E-state index contributed by atoms with van der Waals surface area (Å²) < 4.78 is 50.3. The largest absolute Gasteiger partial charge is 0.383 e. The first kappa shape index (κ1) is 20.8. The van der Waals surface area contributed by atoms with Crippen molar-refractivity contribution in [2.45, 2.75) is 16.7 Å². The van der Waals surface area contributed by atoms with Gasteiger partial charge >= 0.3 is 0 Å². The minimum atomic E-state index is -4.53. The second-order valence-corrected chi connectivity index (χ2v) is 9.71. The Morgan fingerprint density at radius 3 is 2.45 bits per heavy atom. The minimum Gasteiger partial charge on any atom is -0.383 e. The van der Waals surface area contributed by atoms with E-state index in [1.54, 1.807) is 13.0 Å². The molecule has 154 valence electrons. The molecule has 12 nitrogen and oxygen atoms in total. The molecule has 0 radical (unpaired) electrons. The molecule has 0 bridgehead atoms. The van der Waals surface area contributed by atoms with Crippen LogP contribution in [0.4, 0.5) is 5.82 Å². The summed E-state index contributed by atoms with van der Waals surface area (Å²) in [6, 6.07) is 4.26. The summed E-state index contributed by atoms with van der Waals surface area (Å²) in [5, 5.41) is 18.7. The first-order chi connectivity index (χ1) is 13.6. The molecule has 3 rings (SSSR count). The first-order valence-electron chi connectivity index (χ1n) is 8.15. The molecule has 29 heavy (non-hydrogen) atoms. The van der Waals surface area contributed by atoms with Gasteiger partial charge in [0, 0.05) is 18.3 Å². The van der Waals surface area contributed by atoms with E-state index in [1.807, 2.05) is 0 Å². The lowest BCUT2D eigenvalue weighted by molar-refractivity contribution is 0.583. The normalized spacial score (nSPS) is 12.2. The SMILES string of the molecule is Cc1cc(-c2ccc(S(=O)(=O)CCN)c(S(N)(=O)=O)c2-c2nn[nH]n2)cnc1N. The molecule has 0 saturated heterocycles. The number of hydrogen-bond acceptors (Lipinski definition) is 10. The number of nitrogen functional groups attached to an aromatic ring is 1. The van der Waals surface area contributed by atoms with Crippen LogP contribution in [0.5, 0.6) is 0 Å². The molecule has 0 aliphatic heterocycles. The van der Waals surface area contributed by atoms with Crippen molar-refractivity contribution in [3.63, 3.8) is 0 Å². The number of nitrogens with zero attached hydrogens (tertiary/aromatic N) is 4. The molecule has 0 amide bonds. The van der Waals surface area contributed by atoms with Crippen LogP contribution in [0, 0.1) is 6.92 Å². The van der Waals surface area contributed by atoms with Gasteiger partial charge in [-0.1, -0.05) is 6.07 Å². The summed E-state index contributed by atoms with van der Waals surface area (Å²) in [6.45, 7) is 1.52. The number of nitrogens with one attached hydrogen (secondary N) is 1. The number of hydrogen-bond donors (Lipinski definition) is 4. The highest BCUT2D eigenvalue weighted by Gasteiger charge is 2.31. The Labute approximate surface area is 166 Å². The van der Waals surface area contributed by atoms with Crippen molar-refractivity contribution in [1.29, 1.82) is 0 Å². The van der Waals surface area contributed by atoms with Crippen LogP contribution in [-0.2, 0) is 19.9 Å². The van der Waals surface area contributed by atoms with Crippen LogP contribution in [0.3, 0.4) is 0 Å². The highest BCUT2D eigenvalue weighted by atomic mass is 32.2. The Morgan fingerprint density at radius 1 is 1.17 bits per heavy atom. The van der Waals surface area contributed by atoms with Crippen LogP contribution < -0.4 is 16.6 Å². The van der Waals surface area contributed by atoms with Gasteiger partial charge in [-0.2, -0.15) is 5.21 Å². The van der Waals surface area contributed by atoms with Gasteiger partial charge in [0.25, 0.3) is 0 Å². The molecule has 7 N–H and O–H groups in total. The van der Waals surface area contributed by atoms with Crippen LogP contribution in [0.15, 0.2) is 34.2 Å². The van der Waals surface area contributed by atoms with Gasteiger partial charge in [-0.05, 0) is 35.4 Å². The van der Waals surface area contributed by atoms with E-state index in [4.69, 9.17) is 16.6 Å². The predicted octanol–water partition coefficient (Wildman–Crippen LogP) is -0.801. The average molecular weight is 438 g/mol. The maximum atomic E-state index is 12.7. The minimum absolute atomic E-state index is 0.120. The van der Waals surface area contributed by atoms with E-state index < -0.39 is 35.4 Å². The molecule has 2 heterocycles. The van der Waals surface area contributed by atoms with Crippen molar-refractivity contribution in [2.75, 3.05) is 18.0 Å². The number of primary sulfonamides is 1. The molecule has 1 aromatic carbocycles. The van der Waals surface area contributed by atoms with E-state index in [9.17, 15) is 16.8 Å². The number of tetrazole rings is 1. The summed E-state index contributed by atoms with van der Waals surface area (Å²) in [6.07, 6.45) is 1.42. The lowest BCUT2D eigenvalue weighted by Gasteiger charge is -2.16. The zero-order valence-corrected chi connectivity index (χ0v) is 16.8. The molecule has 14 heteroatoms. The number of sulfone groups is 1. The third-order valence-corrected chi connectivity index (χ3v) is 7.03. The fraction of sp³-hybridized carbons (Fsp3) is 0.200. The van der Waals surface area contributed by atoms with Crippen LogP contribution in [0.1, 0.15) is 5.56 Å². The van der Waals surface area contributed by atoms with Gasteiger partial charge in [0.1, 0.15) is 10.7 Å². The Balaban J connectivity index is 2.48. The quantitative estimate of drug-likeness (QED) is 0.376. The van der Waals surface area contributed by atoms with Crippen molar-refractivity contribution >= 4 is 25.7 Å². The van der Waals surface area contributed by atoms with Crippen molar-refractivity contribution in [3.8, 4) is 22.5 Å². The van der Waals surface area contributed by atoms with Crippen LogP contribution in [0.25, 0.3) is 22.5 Å². The van der Waals surface area contributed by atoms with Gasteiger partial charge in [0.2, 0.25) is 15.8 Å². The van der Waals surface area contributed by atoms with E-state index in [1.165, 1.54) is 12.3 Å². The second-order valence-electron chi connectivity index (χ2n) is 6.13. The first-order valence-corrected chi connectivity index (χ1v) is 11.3. The van der Waals surface area contributed by atoms with E-state index in [2.05, 4.69) is 25.6 Å². The van der Waals surface area contributed by atoms with Gasteiger partial charge in [-0.3, -0.25) is 0 Å². The number of aromatic nitrogens is 5. The molecule has 0 atom stereocenters. The van der Waals surface area contributed by atoms with Gasteiger partial charge in [-0.15, -0.1) is 10.2 Å². The molecular weight excluding hydrogens is 420 g/mol. The third-order valence-electron chi connectivity index (χ3n) is 4.13. The van der Waals surface area contributed by atoms with Gasteiger partial charge in [-0.25, -0.2) is 27.0 Å². The van der Waals surface area contributed by atoms with E-state index in [-0.39, 0.29) is 23.5 Å². The number of aromatic amines is 1. The zero-order valence-electron chi connectivity index (χ0n) is 15.2. The Bertz CT molecular complexity index is 1270. The fourth-order valence-corrected chi connectivity index (χ4v) is 5.57. The number of pyridine rings is 1. The summed E-state index contributed by atoms with van der Waals surface area (Å²) in [5.41, 5.74) is 12.4. The topological polar surface area (TPSA) is 214 Å². The number of rotatable bonds is 6. The zero-order chi connectivity index (χ0) is 21.4. The maximum Gasteiger partial charge on any atom is 0.240 e. The number of aryl methyl sites for hydroxylation is 1. The van der Waals surface area contributed by atoms with Crippen molar-refractivity contribution in [2.24, 2.45) is 10.9 Å². The van der Waals surface area contributed by atoms with Crippen LogP contribution in [0.2, 0.25) is 0 Å². The molecule has 0 unspecified atom stereocenters. The molecule has 0 aliphatic rings. The molecule has 0 aliphatic carbocycles. The number of H-pyrrole nitrogens is 1. The smallest absolute Gasteiger partial charge is 0.240 e. The van der Waals surface area contributed by atoms with Crippen LogP contribution >= 0.6 is 0 Å². The van der Waals surface area contributed by atoms with Gasteiger partial charge in [0.15, 0.2) is 9.84 Å². The molecule has 0 fully saturated rings. The summed E-state index contributed by atoms with van der Waals surface area (Å²) >= 11 is 0. The predicted molar refractivity (Wildman–Crippen MR) is 104 cm³/mol. The summed E-state index contributed by atoms with van der Waals surface area (Å²) in [7, 11) is -8.58. The van der Waals surface area contributed by atoms with Crippen molar-refractivity contribution < 1.29 is 16.8 Å². The molecular formula is C15H18N8O4S2. The molecule has 3 aromatic rings. The number of benzene rings is 1. The fourth-order valence-electron chi connectivity index (χ4n) is 2.82. The number of sulfonamides is 1. The van der Waals surface area contributed by atoms with E-state index in [0.717, 1.165) is 6.07 Å². The lowest BCUT2D eigenvalue weighted by Crippen LogP contribution is -2.22. The van der Waals surface area contributed by atoms with Crippen molar-refractivity contribution in [3.05, 3.63) is 30.0 Å². The molecule has 0 saturated carbocycles. The highest BCUT2D eigenvalue weighted by Crippen LogP contribution is 2.39. The third kappa shape index (κ3) is 3.95. The van der Waals surface area contributed by atoms with Gasteiger partial charge < -0.3 is 11.5 Å². The standard InChI is InChI=1S/C15H18N8O4S2/c1-8-6-9(7-19-14(8)17)10-2-3-11(28(24,25)5-4-16)13(29(18,26)27)12(10)15-20-22-23-21-15/h2-3,6-7H,4-5,16H2,1H3,(H2,17,19)(H2,18,26,27)(H,20,21,22,23). The number of anilines is 1. The summed E-state index contributed by atoms with van der Waals surface area (Å²) in [4.78, 5) is 2.94. The van der Waals surface area contributed by atoms with Gasteiger partial charge in [0.05, 0.1) is 16.2 Å². The molecule has 0 spiro atoms. The Kier molecular flexibility index (Phi) is 5.36. The second kappa shape index (κ2) is 7.47. The maximum absolute atomic E-state index is 12.7. The Hall–Kier alpha value is -2.94. The van der Waals surface area contributed by atoms with Crippen molar-refractivity contribution in [1.82, 2.24) is 25.6 Å². The summed E-state index contributed by atoms with van der Waals surface area (Å²) in [5.74, 6) is -0.324. The monoisotopic (exact) mass is 438 g/mol. The van der Waals surface area contributed by atoms with E-state index in [0.29, 0.717) is 16.9 Å². The van der Waals surface area contributed by atoms with E-state index >= 15 is 0 Å².